The predicted molar refractivity (Wildman–Crippen MR) is 132 cm³/mol. The molecule has 0 saturated heterocycles. The van der Waals surface area contributed by atoms with Crippen molar-refractivity contribution in [2.24, 2.45) is 0 Å². The first kappa shape index (κ1) is 28.2. The molecule has 2 aromatic carbocycles. The Bertz CT molecular complexity index is 1380. The van der Waals surface area contributed by atoms with Crippen LogP contribution in [0.25, 0.3) is 0 Å². The van der Waals surface area contributed by atoms with Crippen LogP contribution in [0.4, 0.5) is 23.4 Å². The molecule has 0 radical (unpaired) electrons. The van der Waals surface area contributed by atoms with Gasteiger partial charge in [-0.15, -0.1) is 0 Å². The van der Waals surface area contributed by atoms with E-state index in [2.05, 4.69) is 9.72 Å². The maximum absolute atomic E-state index is 14.1. The lowest BCUT2D eigenvalue weighted by Crippen LogP contribution is -2.46. The fourth-order valence-electron chi connectivity index (χ4n) is 3.84. The molecule has 2 heterocycles. The number of aliphatic hydroxyl groups excluding tert-OH is 1. The minimum absolute atomic E-state index is 0.0133. The third-order valence-corrected chi connectivity index (χ3v) is 5.89. The van der Waals surface area contributed by atoms with Gasteiger partial charge in [-0.25, -0.2) is 8.78 Å². The highest BCUT2D eigenvalue weighted by molar-refractivity contribution is 6.30. The molecule has 0 spiro atoms. The van der Waals surface area contributed by atoms with Crippen molar-refractivity contribution >= 4 is 29.2 Å². The number of aliphatic hydroxyl groups is 1. The van der Waals surface area contributed by atoms with Crippen LogP contribution in [0, 0.1) is 0 Å². The van der Waals surface area contributed by atoms with E-state index < -0.39 is 43.5 Å². The first-order valence-corrected chi connectivity index (χ1v) is 11.9. The number of nitrogens with zero attached hydrogens (tertiary/aromatic N) is 4. The van der Waals surface area contributed by atoms with Crippen LogP contribution in [0.3, 0.4) is 0 Å². The number of alkyl halides is 4. The first-order valence-electron chi connectivity index (χ1n) is 11.5. The molecule has 0 aliphatic carbocycles. The summed E-state index contributed by atoms with van der Waals surface area (Å²) in [6, 6.07) is 11.6. The van der Waals surface area contributed by atoms with E-state index in [0.717, 1.165) is 4.90 Å². The summed E-state index contributed by atoms with van der Waals surface area (Å²) < 4.78 is 66.6. The zero-order chi connectivity index (χ0) is 28.5. The van der Waals surface area contributed by atoms with E-state index in [1.54, 1.807) is 24.3 Å². The largest absolute Gasteiger partial charge is 0.433 e. The Balaban J connectivity index is 1.81. The van der Waals surface area contributed by atoms with Crippen LogP contribution < -0.4 is 14.4 Å². The van der Waals surface area contributed by atoms with Crippen molar-refractivity contribution in [1.29, 1.82) is 0 Å². The van der Waals surface area contributed by atoms with Crippen LogP contribution in [0.5, 0.6) is 17.5 Å². The molecule has 3 aromatic rings. The molecule has 1 aliphatic heterocycles. The number of carbonyl (C=O) groups excluding carboxylic acids is 2. The fraction of sp³-hybridized carbons (Fsp3) is 0.320. The lowest BCUT2D eigenvalue weighted by atomic mass is 10.2. The summed E-state index contributed by atoms with van der Waals surface area (Å²) in [4.78, 5) is 32.3. The van der Waals surface area contributed by atoms with Crippen LogP contribution in [-0.2, 0) is 11.3 Å². The van der Waals surface area contributed by atoms with Crippen LogP contribution in [-0.4, -0.2) is 70.1 Å². The molecule has 2 amide bonds. The van der Waals surface area contributed by atoms with Gasteiger partial charge in [0, 0.05) is 25.1 Å². The van der Waals surface area contributed by atoms with E-state index in [0.29, 0.717) is 22.4 Å². The van der Waals surface area contributed by atoms with E-state index >= 15 is 0 Å². The Hall–Kier alpha value is -3.84. The highest BCUT2D eigenvalue weighted by Gasteiger charge is 2.41. The van der Waals surface area contributed by atoms with Crippen LogP contribution in [0.1, 0.15) is 23.0 Å². The lowest BCUT2D eigenvalue weighted by molar-refractivity contribution is -0.159. The van der Waals surface area contributed by atoms with Crippen molar-refractivity contribution < 1.29 is 41.7 Å². The van der Waals surface area contributed by atoms with Crippen molar-refractivity contribution in [2.45, 2.75) is 25.5 Å². The number of amides is 2. The summed E-state index contributed by atoms with van der Waals surface area (Å²) in [6.45, 7) is -2.91. The average Bonchev–Trinajstić information content (AvgIpc) is 3.16. The number of carbonyl (C=O) groups is 2. The number of halogens is 5. The van der Waals surface area contributed by atoms with Gasteiger partial charge in [0.25, 0.3) is 11.8 Å². The summed E-state index contributed by atoms with van der Waals surface area (Å²) >= 11 is 5.98. The van der Waals surface area contributed by atoms with Crippen molar-refractivity contribution in [3.63, 3.8) is 0 Å². The molecule has 1 aromatic heterocycles. The number of likely N-dealkylation sites (N-methyl/N-ethyl adjacent to an activating group) is 1. The number of ether oxygens (including phenoxy) is 2. The van der Waals surface area contributed by atoms with E-state index in [4.69, 9.17) is 21.4 Å². The second kappa shape index (κ2) is 10.7. The minimum Gasteiger partial charge on any atom is -0.433 e. The molecule has 0 bridgehead atoms. The molecule has 1 aliphatic rings. The Labute approximate surface area is 225 Å². The highest BCUT2D eigenvalue weighted by atomic mass is 35.5. The molecule has 4 rings (SSSR count). The van der Waals surface area contributed by atoms with E-state index in [1.165, 1.54) is 35.9 Å². The topological polar surface area (TPSA) is 97.1 Å². The van der Waals surface area contributed by atoms with Crippen molar-refractivity contribution in [1.82, 2.24) is 14.5 Å². The quantitative estimate of drug-likeness (QED) is 0.383. The smallest absolute Gasteiger partial charge is 0.394 e. The van der Waals surface area contributed by atoms with E-state index in [9.17, 15) is 27.2 Å². The van der Waals surface area contributed by atoms with Crippen LogP contribution >= 0.6 is 11.6 Å². The maximum Gasteiger partial charge on any atom is 0.394 e. The number of imidazole rings is 1. The molecule has 1 N–H and O–H groups in total. The third kappa shape index (κ3) is 6.60. The van der Waals surface area contributed by atoms with E-state index in [1.807, 2.05) is 0 Å². The first-order chi connectivity index (χ1) is 18.3. The Kier molecular flexibility index (Phi) is 7.75. The number of hydrogen-bond donors (Lipinski definition) is 1. The van der Waals surface area contributed by atoms with Gasteiger partial charge in [0.2, 0.25) is 5.91 Å². The molecular weight excluding hydrogens is 548 g/mol. The molecule has 0 atom stereocenters. The number of anilines is 1. The lowest BCUT2D eigenvalue weighted by Gasteiger charge is -2.25. The summed E-state index contributed by atoms with van der Waals surface area (Å²) in [6.07, 6.45) is -3.46. The molecule has 39 heavy (non-hydrogen) atoms. The van der Waals surface area contributed by atoms with Gasteiger partial charge in [-0.1, -0.05) is 29.8 Å². The third-order valence-electron chi connectivity index (χ3n) is 5.64. The van der Waals surface area contributed by atoms with Gasteiger partial charge in [0.05, 0.1) is 13.1 Å². The van der Waals surface area contributed by atoms with Gasteiger partial charge in [-0.05, 0) is 29.8 Å². The SMILES string of the molecule is CN1C(=O)CN(CC(F)(F)CO)C(=O)c2c1nc(Oc1cccc(OC(C)(F)F)c1)n2Cc1ccc(Cl)cc1. The van der Waals surface area contributed by atoms with E-state index in [-0.39, 0.29) is 35.6 Å². The highest BCUT2D eigenvalue weighted by Crippen LogP contribution is 2.34. The number of fused-ring (bicyclic) bond motifs is 1. The second-order valence-corrected chi connectivity index (χ2v) is 9.33. The molecule has 0 saturated carbocycles. The number of rotatable bonds is 9. The predicted octanol–water partition coefficient (Wildman–Crippen LogP) is 4.41. The maximum atomic E-state index is 14.1. The fourth-order valence-corrected chi connectivity index (χ4v) is 3.97. The molecule has 0 fully saturated rings. The van der Waals surface area contributed by atoms with Crippen molar-refractivity contribution in [3.05, 3.63) is 64.8 Å². The summed E-state index contributed by atoms with van der Waals surface area (Å²) in [7, 11) is 1.32. The van der Waals surface area contributed by atoms with Gasteiger partial charge >= 0.3 is 12.1 Å². The monoisotopic (exact) mass is 570 g/mol. The number of hydrogen-bond acceptors (Lipinski definition) is 6. The standard InChI is InChI=1S/C25H23ClF4N4O5/c1-24(27,28)39-18-5-3-4-17(10-18)38-23-31-21-20(34(23)11-15-6-8-16(26)9-7-15)22(37)33(12-19(36)32(21)2)13-25(29,30)14-35/h3-10,35H,11-14H2,1-2H3. The molecule has 0 unspecified atom stereocenters. The summed E-state index contributed by atoms with van der Waals surface area (Å²) in [5.41, 5.74) is 0.389. The molecular formula is C25H23ClF4N4O5. The normalized spacial score (nSPS) is 14.4. The molecule has 14 heteroatoms. The van der Waals surface area contributed by atoms with Gasteiger partial charge in [-0.3, -0.25) is 19.1 Å². The van der Waals surface area contributed by atoms with Crippen molar-refractivity contribution in [2.75, 3.05) is 31.6 Å². The zero-order valence-electron chi connectivity index (χ0n) is 20.7. The molecule has 208 valence electrons. The van der Waals surface area contributed by atoms with Crippen molar-refractivity contribution in [3.8, 4) is 17.5 Å². The second-order valence-electron chi connectivity index (χ2n) is 8.89. The minimum atomic E-state index is -3.67. The number of benzene rings is 2. The summed E-state index contributed by atoms with van der Waals surface area (Å²) in [5, 5.41) is 9.49. The molecule has 9 nitrogen and oxygen atoms in total. The van der Waals surface area contributed by atoms with Crippen LogP contribution in [0.2, 0.25) is 5.02 Å². The Morgan fingerprint density at radius 1 is 1.08 bits per heavy atom. The average molecular weight is 571 g/mol. The number of aromatic nitrogens is 2. The van der Waals surface area contributed by atoms with Gasteiger partial charge in [0.1, 0.15) is 24.7 Å². The van der Waals surface area contributed by atoms with Crippen LogP contribution in [0.15, 0.2) is 48.5 Å². The Morgan fingerprint density at radius 2 is 1.74 bits per heavy atom. The zero-order valence-corrected chi connectivity index (χ0v) is 21.5. The summed E-state index contributed by atoms with van der Waals surface area (Å²) in [5.74, 6) is -5.68. The van der Waals surface area contributed by atoms with Gasteiger partial charge < -0.3 is 19.5 Å². The Morgan fingerprint density at radius 3 is 2.38 bits per heavy atom. The van der Waals surface area contributed by atoms with Gasteiger partial charge in [-0.2, -0.15) is 13.8 Å². The van der Waals surface area contributed by atoms with Gasteiger partial charge in [0.15, 0.2) is 11.5 Å².